The maximum atomic E-state index is 12.9. The van der Waals surface area contributed by atoms with Crippen molar-refractivity contribution in [3.63, 3.8) is 0 Å². The number of nitrogens with one attached hydrogen (secondary N) is 1. The van der Waals surface area contributed by atoms with Gasteiger partial charge in [0.25, 0.3) is 5.91 Å². The number of anilines is 1. The summed E-state index contributed by atoms with van der Waals surface area (Å²) in [5.74, 6) is 1.25. The monoisotopic (exact) mass is 552 g/mol. The zero-order valence-corrected chi connectivity index (χ0v) is 26.4. The third-order valence-electron chi connectivity index (χ3n) is 7.02. The van der Waals surface area contributed by atoms with Crippen LogP contribution in [0, 0.1) is 0 Å². The van der Waals surface area contributed by atoms with Crippen molar-refractivity contribution in [2.45, 2.75) is 73.3 Å². The van der Waals surface area contributed by atoms with Gasteiger partial charge in [-0.25, -0.2) is 4.98 Å². The van der Waals surface area contributed by atoms with Crippen LogP contribution in [-0.2, 0) is 0 Å². The number of fused-ring (bicyclic) bond motifs is 1. The smallest absolute Gasteiger partial charge is 0.270 e. The van der Waals surface area contributed by atoms with Crippen LogP contribution in [0.5, 0.6) is 0 Å². The summed E-state index contributed by atoms with van der Waals surface area (Å²) in [5, 5.41) is 4.14. The highest BCUT2D eigenvalue weighted by atomic mass is 16.2. The normalized spacial score (nSPS) is 17.0. The third-order valence-corrected chi connectivity index (χ3v) is 7.02. The van der Waals surface area contributed by atoms with Crippen LogP contribution in [0.15, 0.2) is 41.2 Å². The van der Waals surface area contributed by atoms with Gasteiger partial charge in [0.1, 0.15) is 17.2 Å². The van der Waals surface area contributed by atoms with Crippen molar-refractivity contribution in [2.24, 2.45) is 4.99 Å². The summed E-state index contributed by atoms with van der Waals surface area (Å²) in [5.41, 5.74) is 2.71. The lowest BCUT2D eigenvalue weighted by molar-refractivity contribution is 0.0815. The number of rotatable bonds is 7. The third kappa shape index (κ3) is 8.65. The minimum atomic E-state index is -0.00350. The van der Waals surface area contributed by atoms with Gasteiger partial charge in [-0.2, -0.15) is 4.98 Å². The Kier molecular flexibility index (Phi) is 13.9. The molecule has 1 amide bonds. The number of allylic oxidation sites excluding steroid dienone is 2. The van der Waals surface area contributed by atoms with Gasteiger partial charge in [0, 0.05) is 63.6 Å². The lowest BCUT2D eigenvalue weighted by Crippen LogP contribution is -2.43. The fraction of sp³-hybridized carbons (Fsp3) is 0.613. The molecule has 222 valence electrons. The summed E-state index contributed by atoms with van der Waals surface area (Å²) in [6, 6.07) is 2.22. The summed E-state index contributed by atoms with van der Waals surface area (Å²) in [6.07, 6.45) is 12.7. The number of carbonyl (C=O) groups is 1. The van der Waals surface area contributed by atoms with E-state index in [0.717, 1.165) is 55.9 Å². The van der Waals surface area contributed by atoms with Crippen molar-refractivity contribution in [3.8, 4) is 0 Å². The maximum absolute atomic E-state index is 12.9. The fourth-order valence-electron chi connectivity index (χ4n) is 5.01. The van der Waals surface area contributed by atoms with Crippen molar-refractivity contribution < 1.29 is 4.79 Å². The van der Waals surface area contributed by atoms with Crippen LogP contribution in [0.25, 0.3) is 11.0 Å². The molecule has 1 aliphatic heterocycles. The molecule has 0 radical (unpaired) electrons. The minimum Gasteiger partial charge on any atom is -0.369 e. The van der Waals surface area contributed by atoms with E-state index in [9.17, 15) is 4.79 Å². The van der Waals surface area contributed by atoms with E-state index in [1.165, 1.54) is 18.5 Å². The number of hydrogen-bond acceptors (Lipinski definition) is 6. The summed E-state index contributed by atoms with van der Waals surface area (Å²) in [4.78, 5) is 33.3. The van der Waals surface area contributed by atoms with Crippen LogP contribution in [0.3, 0.4) is 0 Å². The minimum absolute atomic E-state index is 0.00350. The van der Waals surface area contributed by atoms with Crippen LogP contribution >= 0.6 is 0 Å². The Morgan fingerprint density at radius 2 is 1.77 bits per heavy atom. The zero-order valence-electron chi connectivity index (χ0n) is 26.4. The first-order valence-corrected chi connectivity index (χ1v) is 15.0. The number of aromatic nitrogens is 3. The number of amidine groups is 1. The van der Waals surface area contributed by atoms with Crippen LogP contribution in [0.1, 0.15) is 83.8 Å². The molecule has 0 spiro atoms. The highest BCUT2D eigenvalue weighted by molar-refractivity contribution is 5.98. The summed E-state index contributed by atoms with van der Waals surface area (Å²) in [6.45, 7) is 16.8. The number of hydrogen-bond donors (Lipinski definition) is 1. The van der Waals surface area contributed by atoms with E-state index in [-0.39, 0.29) is 5.91 Å². The maximum Gasteiger partial charge on any atom is 0.270 e. The van der Waals surface area contributed by atoms with E-state index in [2.05, 4.69) is 49.9 Å². The number of amides is 1. The van der Waals surface area contributed by atoms with E-state index < -0.39 is 0 Å². The molecule has 1 aliphatic carbocycles. The Bertz CT molecular complexity index is 1150. The molecular weight excluding hydrogens is 500 g/mol. The van der Waals surface area contributed by atoms with E-state index in [1.807, 2.05) is 47.6 Å². The average Bonchev–Trinajstić information content (AvgIpc) is 3.62. The van der Waals surface area contributed by atoms with Gasteiger partial charge in [-0.1, -0.05) is 46.6 Å². The van der Waals surface area contributed by atoms with Crippen molar-refractivity contribution in [1.82, 2.24) is 29.2 Å². The second kappa shape index (κ2) is 16.8. The molecule has 0 atom stereocenters. The number of carbonyl (C=O) groups excluding carboxylic acids is 1. The average molecular weight is 553 g/mol. The predicted octanol–water partition coefficient (Wildman–Crippen LogP) is 5.84. The molecule has 0 unspecified atom stereocenters. The number of piperazine rings is 1. The molecule has 1 N–H and O–H groups in total. The number of aliphatic imine (C=N–C) groups is 1. The largest absolute Gasteiger partial charge is 0.369 e. The van der Waals surface area contributed by atoms with Gasteiger partial charge in [0.15, 0.2) is 0 Å². The molecule has 1 saturated heterocycles. The second-order valence-corrected chi connectivity index (χ2v) is 9.98. The topological polar surface area (TPSA) is 81.9 Å². The van der Waals surface area contributed by atoms with E-state index in [4.69, 9.17) is 9.98 Å². The molecule has 40 heavy (non-hydrogen) atoms. The van der Waals surface area contributed by atoms with Crippen LogP contribution in [0.2, 0.25) is 0 Å². The Morgan fingerprint density at radius 3 is 2.38 bits per heavy atom. The first kappa shape index (κ1) is 33.0. The molecule has 9 nitrogen and oxygen atoms in total. The van der Waals surface area contributed by atoms with Gasteiger partial charge in [-0.3, -0.25) is 9.79 Å². The van der Waals surface area contributed by atoms with Gasteiger partial charge in [-0.05, 0) is 52.0 Å². The highest BCUT2D eigenvalue weighted by Gasteiger charge is 2.26. The Hall–Kier alpha value is -3.20. The van der Waals surface area contributed by atoms with E-state index in [1.54, 1.807) is 25.2 Å². The Morgan fingerprint density at radius 1 is 1.12 bits per heavy atom. The van der Waals surface area contributed by atoms with Gasteiger partial charge in [0.05, 0.1) is 6.54 Å². The lowest BCUT2D eigenvalue weighted by Gasteiger charge is -2.34. The van der Waals surface area contributed by atoms with Gasteiger partial charge in [0.2, 0.25) is 5.95 Å². The molecule has 0 aromatic carbocycles. The first-order valence-electron chi connectivity index (χ1n) is 15.0. The summed E-state index contributed by atoms with van der Waals surface area (Å²) >= 11 is 0. The molecule has 9 heteroatoms. The molecule has 3 heterocycles. The zero-order chi connectivity index (χ0) is 29.7. The lowest BCUT2D eigenvalue weighted by atomic mass is 10.2. The summed E-state index contributed by atoms with van der Waals surface area (Å²) in [7, 11) is 5.75. The molecule has 4 rings (SSSR count). The standard InChI is InChI=1S/C27H40N8O.2C2H6/c1-6-9-22(34-16-14-33(5)15-17-34)12-13-28-20(2)30-27-29-19-21-18-24(26(36)32(3)4)35(25(21)31-27)23-10-7-8-11-23;2*1-2/h6,9,12,18-19,23H,7-8,10-11,13-17H2,1-5H3,(H,28,29,30,31);2*1-2H3/b9-6-,22-12?;;. The number of nitrogens with zero attached hydrogens (tertiary/aromatic N) is 7. The van der Waals surface area contributed by atoms with Gasteiger partial charge < -0.3 is 24.6 Å². The highest BCUT2D eigenvalue weighted by Crippen LogP contribution is 2.34. The summed E-state index contributed by atoms with van der Waals surface area (Å²) < 4.78 is 2.13. The molecule has 1 saturated carbocycles. The Labute approximate surface area is 242 Å². The Balaban J connectivity index is 0.00000134. The van der Waals surface area contributed by atoms with Gasteiger partial charge in [-0.15, -0.1) is 0 Å². The van der Waals surface area contributed by atoms with Crippen LogP contribution < -0.4 is 5.32 Å². The molecule has 0 bridgehead atoms. The SMILES string of the molecule is C/C=C\C(=CCN=C(C)Nc1ncc2cc(C(=O)N(C)C)n(C3CCCC3)c2n1)N1CCN(C)CC1.CC.CC. The van der Waals surface area contributed by atoms with Crippen molar-refractivity contribution in [1.29, 1.82) is 0 Å². The second-order valence-electron chi connectivity index (χ2n) is 9.98. The van der Waals surface area contributed by atoms with Crippen molar-refractivity contribution in [3.05, 3.63) is 41.9 Å². The molecule has 2 aromatic heterocycles. The van der Waals surface area contributed by atoms with Crippen LogP contribution in [0.4, 0.5) is 5.95 Å². The molecule has 2 fully saturated rings. The van der Waals surface area contributed by atoms with Gasteiger partial charge >= 0.3 is 0 Å². The predicted molar refractivity (Wildman–Crippen MR) is 169 cm³/mol. The van der Waals surface area contributed by atoms with Crippen molar-refractivity contribution in [2.75, 3.05) is 59.2 Å². The van der Waals surface area contributed by atoms with Crippen molar-refractivity contribution >= 4 is 28.7 Å². The first-order chi connectivity index (χ1) is 19.4. The van der Waals surface area contributed by atoms with Crippen LogP contribution in [-0.4, -0.2) is 94.8 Å². The molecule has 2 aromatic rings. The van der Waals surface area contributed by atoms with E-state index >= 15 is 0 Å². The number of likely N-dealkylation sites (N-methyl/N-ethyl adjacent to an activating group) is 1. The quantitative estimate of drug-likeness (QED) is 0.264. The molecule has 2 aliphatic rings. The van der Waals surface area contributed by atoms with E-state index in [0.29, 0.717) is 24.2 Å². The fourth-order valence-corrected chi connectivity index (χ4v) is 5.01. The molecular formula is C31H52N8O.